The molecule has 2 saturated heterocycles. The van der Waals surface area contributed by atoms with E-state index in [1.165, 1.54) is 4.90 Å². The van der Waals surface area contributed by atoms with Gasteiger partial charge in [0.05, 0.1) is 0 Å². The van der Waals surface area contributed by atoms with E-state index in [1.54, 1.807) is 9.80 Å². The van der Waals surface area contributed by atoms with Crippen molar-refractivity contribution in [2.24, 2.45) is 0 Å². The van der Waals surface area contributed by atoms with Crippen molar-refractivity contribution in [2.75, 3.05) is 19.6 Å². The van der Waals surface area contributed by atoms with Crippen LogP contribution in [0.1, 0.15) is 66.2 Å². The minimum absolute atomic E-state index is 0.0484. The molecule has 0 aromatic rings. The van der Waals surface area contributed by atoms with E-state index >= 15 is 0 Å². The number of piperidine rings is 1. The third-order valence-electron chi connectivity index (χ3n) is 5.82. The van der Waals surface area contributed by atoms with E-state index in [-0.39, 0.29) is 24.1 Å². The Labute approximate surface area is 155 Å². The Morgan fingerprint density at radius 2 is 1.73 bits per heavy atom. The van der Waals surface area contributed by atoms with Gasteiger partial charge >= 0.3 is 12.1 Å². The second kappa shape index (κ2) is 6.74. The summed E-state index contributed by atoms with van der Waals surface area (Å²) in [6.07, 6.45) is 4.59. The van der Waals surface area contributed by atoms with E-state index < -0.39 is 11.1 Å². The lowest BCUT2D eigenvalue weighted by Gasteiger charge is -2.42. The predicted octanol–water partition coefficient (Wildman–Crippen LogP) is 2.98. The first kappa shape index (κ1) is 19.0. The summed E-state index contributed by atoms with van der Waals surface area (Å²) < 4.78 is 5.44. The zero-order valence-corrected chi connectivity index (χ0v) is 16.4. The summed E-state index contributed by atoms with van der Waals surface area (Å²) in [5.74, 6) is -0.0555. The molecule has 0 aromatic carbocycles. The Morgan fingerprint density at radius 1 is 1.15 bits per heavy atom. The van der Waals surface area contributed by atoms with E-state index in [0.717, 1.165) is 25.7 Å². The van der Waals surface area contributed by atoms with Crippen LogP contribution in [0.25, 0.3) is 0 Å². The number of hydrogen-bond donors (Lipinski definition) is 0. The normalized spacial score (nSPS) is 24.1. The highest BCUT2D eigenvalue weighted by Crippen LogP contribution is 2.40. The summed E-state index contributed by atoms with van der Waals surface area (Å²) in [5, 5.41) is 0. The molecule has 2 heterocycles. The molecule has 0 radical (unpaired) electrons. The molecule has 26 heavy (non-hydrogen) atoms. The third-order valence-corrected chi connectivity index (χ3v) is 5.82. The summed E-state index contributed by atoms with van der Waals surface area (Å²) in [4.78, 5) is 43.5. The molecule has 7 heteroatoms. The van der Waals surface area contributed by atoms with Crippen LogP contribution in [0.5, 0.6) is 0 Å². The van der Waals surface area contributed by atoms with Crippen LogP contribution in [-0.2, 0) is 9.53 Å². The highest BCUT2D eigenvalue weighted by atomic mass is 16.6. The number of likely N-dealkylation sites (N-methyl/N-ethyl adjacent to an activating group) is 1. The van der Waals surface area contributed by atoms with Gasteiger partial charge < -0.3 is 14.5 Å². The molecule has 1 spiro atoms. The van der Waals surface area contributed by atoms with Crippen LogP contribution in [0.3, 0.4) is 0 Å². The van der Waals surface area contributed by atoms with Gasteiger partial charge in [0.25, 0.3) is 5.91 Å². The topological polar surface area (TPSA) is 70.2 Å². The smallest absolute Gasteiger partial charge is 0.410 e. The van der Waals surface area contributed by atoms with Crippen molar-refractivity contribution in [2.45, 2.75) is 83.4 Å². The van der Waals surface area contributed by atoms with E-state index in [9.17, 15) is 14.4 Å². The second-order valence-electron chi connectivity index (χ2n) is 8.64. The van der Waals surface area contributed by atoms with Crippen LogP contribution in [0.2, 0.25) is 0 Å². The van der Waals surface area contributed by atoms with Gasteiger partial charge in [0.1, 0.15) is 11.1 Å². The van der Waals surface area contributed by atoms with Crippen molar-refractivity contribution in [1.82, 2.24) is 14.7 Å². The lowest BCUT2D eigenvalue weighted by molar-refractivity contribution is -0.137. The lowest BCUT2D eigenvalue weighted by Crippen LogP contribution is -2.57. The number of hydrogen-bond acceptors (Lipinski definition) is 4. The van der Waals surface area contributed by atoms with Gasteiger partial charge in [-0.05, 0) is 53.4 Å². The quantitative estimate of drug-likeness (QED) is 0.706. The number of amides is 4. The Morgan fingerprint density at radius 3 is 2.23 bits per heavy atom. The molecule has 0 bridgehead atoms. The van der Waals surface area contributed by atoms with Crippen LogP contribution in [0, 0.1) is 0 Å². The van der Waals surface area contributed by atoms with E-state index in [2.05, 4.69) is 0 Å². The SMILES string of the molecule is CCN1C(=O)N(C2CCCC2)C(=O)C12CCN(C(=O)OC(C)(C)C)CC2. The van der Waals surface area contributed by atoms with Gasteiger partial charge in [0.2, 0.25) is 0 Å². The van der Waals surface area contributed by atoms with Crippen LogP contribution in [0.15, 0.2) is 0 Å². The first-order valence-electron chi connectivity index (χ1n) is 9.83. The maximum absolute atomic E-state index is 13.3. The second-order valence-corrected chi connectivity index (χ2v) is 8.64. The monoisotopic (exact) mass is 365 g/mol. The van der Waals surface area contributed by atoms with Gasteiger partial charge in [0, 0.05) is 25.7 Å². The lowest BCUT2D eigenvalue weighted by atomic mass is 9.85. The summed E-state index contributed by atoms with van der Waals surface area (Å²) >= 11 is 0. The van der Waals surface area contributed by atoms with Crippen molar-refractivity contribution in [3.63, 3.8) is 0 Å². The number of nitrogens with zero attached hydrogens (tertiary/aromatic N) is 3. The van der Waals surface area contributed by atoms with Crippen molar-refractivity contribution < 1.29 is 19.1 Å². The Balaban J connectivity index is 1.74. The molecule has 7 nitrogen and oxygen atoms in total. The summed E-state index contributed by atoms with van der Waals surface area (Å²) in [6.45, 7) is 8.83. The van der Waals surface area contributed by atoms with Gasteiger partial charge in [-0.15, -0.1) is 0 Å². The predicted molar refractivity (Wildman–Crippen MR) is 96.7 cm³/mol. The van der Waals surface area contributed by atoms with Crippen molar-refractivity contribution >= 4 is 18.0 Å². The number of likely N-dealkylation sites (tertiary alicyclic amines) is 1. The number of rotatable bonds is 2. The van der Waals surface area contributed by atoms with Gasteiger partial charge in [-0.2, -0.15) is 0 Å². The van der Waals surface area contributed by atoms with Crippen LogP contribution in [-0.4, -0.2) is 69.5 Å². The molecule has 0 unspecified atom stereocenters. The van der Waals surface area contributed by atoms with Crippen molar-refractivity contribution in [1.29, 1.82) is 0 Å². The average Bonchev–Trinajstić information content (AvgIpc) is 3.14. The van der Waals surface area contributed by atoms with Crippen LogP contribution < -0.4 is 0 Å². The van der Waals surface area contributed by atoms with Crippen LogP contribution in [0.4, 0.5) is 9.59 Å². The number of ether oxygens (including phenoxy) is 1. The molecular weight excluding hydrogens is 334 g/mol. The molecule has 1 saturated carbocycles. The van der Waals surface area contributed by atoms with Crippen molar-refractivity contribution in [3.05, 3.63) is 0 Å². The zero-order valence-electron chi connectivity index (χ0n) is 16.4. The highest BCUT2D eigenvalue weighted by Gasteiger charge is 2.59. The molecule has 2 aliphatic heterocycles. The fourth-order valence-electron chi connectivity index (χ4n) is 4.53. The number of carbonyl (C=O) groups excluding carboxylic acids is 3. The molecule has 0 aromatic heterocycles. The molecular formula is C19H31N3O4. The summed E-state index contributed by atoms with van der Waals surface area (Å²) in [7, 11) is 0. The molecule has 0 atom stereocenters. The summed E-state index contributed by atoms with van der Waals surface area (Å²) in [5.41, 5.74) is -1.33. The molecule has 3 rings (SSSR count). The molecule has 3 aliphatic rings. The Hall–Kier alpha value is -1.79. The minimum Gasteiger partial charge on any atom is -0.444 e. The standard InChI is InChI=1S/C19H31N3O4/c1-5-21-16(24)22(14-8-6-7-9-14)15(23)19(21)10-12-20(13-11-19)17(25)26-18(2,3)4/h14H,5-13H2,1-4H3. The highest BCUT2D eigenvalue weighted by molar-refractivity contribution is 6.07. The van der Waals surface area contributed by atoms with Gasteiger partial charge in [-0.25, -0.2) is 9.59 Å². The molecule has 1 aliphatic carbocycles. The first-order valence-corrected chi connectivity index (χ1v) is 9.83. The van der Waals surface area contributed by atoms with E-state index in [1.807, 2.05) is 27.7 Å². The molecule has 0 N–H and O–H groups in total. The Kier molecular flexibility index (Phi) is 4.92. The maximum Gasteiger partial charge on any atom is 0.410 e. The average molecular weight is 365 g/mol. The van der Waals surface area contributed by atoms with Gasteiger partial charge in [-0.3, -0.25) is 9.69 Å². The molecule has 146 valence electrons. The number of imide groups is 1. The van der Waals surface area contributed by atoms with E-state index in [4.69, 9.17) is 4.74 Å². The fraction of sp³-hybridized carbons (Fsp3) is 0.842. The van der Waals surface area contributed by atoms with E-state index in [0.29, 0.717) is 32.5 Å². The number of urea groups is 1. The third kappa shape index (κ3) is 3.16. The first-order chi connectivity index (χ1) is 12.2. The molecule has 4 amide bonds. The largest absolute Gasteiger partial charge is 0.444 e. The van der Waals surface area contributed by atoms with Gasteiger partial charge in [0.15, 0.2) is 0 Å². The zero-order chi connectivity index (χ0) is 19.1. The minimum atomic E-state index is -0.785. The van der Waals surface area contributed by atoms with Crippen LogP contribution >= 0.6 is 0 Å². The van der Waals surface area contributed by atoms with Gasteiger partial charge in [-0.1, -0.05) is 12.8 Å². The summed E-state index contributed by atoms with van der Waals surface area (Å²) in [6, 6.07) is -0.0950. The Bertz CT molecular complexity index is 584. The van der Waals surface area contributed by atoms with Crippen molar-refractivity contribution in [3.8, 4) is 0 Å². The maximum atomic E-state index is 13.3. The fourth-order valence-corrected chi connectivity index (χ4v) is 4.53. The molecule has 3 fully saturated rings. The number of carbonyl (C=O) groups is 3.